The zero-order valence-corrected chi connectivity index (χ0v) is 16.4. The van der Waals surface area contributed by atoms with Gasteiger partial charge in [-0.1, -0.05) is 25.1 Å². The van der Waals surface area contributed by atoms with Gasteiger partial charge in [-0.3, -0.25) is 4.40 Å². The molecule has 1 N–H and O–H groups in total. The van der Waals surface area contributed by atoms with E-state index in [2.05, 4.69) is 47.1 Å². The van der Waals surface area contributed by atoms with Crippen LogP contribution in [0.25, 0.3) is 5.65 Å². The van der Waals surface area contributed by atoms with Gasteiger partial charge in [0, 0.05) is 18.3 Å². The maximum atomic E-state index is 11.5. The zero-order valence-electron chi connectivity index (χ0n) is 16.4. The summed E-state index contributed by atoms with van der Waals surface area (Å²) in [6, 6.07) is 8.14. The summed E-state index contributed by atoms with van der Waals surface area (Å²) in [5.74, 6) is 0.401. The maximum Gasteiger partial charge on any atom is 0.513 e. The third-order valence-corrected chi connectivity index (χ3v) is 4.88. The van der Waals surface area contributed by atoms with Crippen LogP contribution >= 0.6 is 0 Å². The number of aromatic nitrogens is 2. The number of nitrogens with one attached hydrogen (secondary N) is 1. The highest BCUT2D eigenvalue weighted by molar-refractivity contribution is 5.72. The Hall–Kier alpha value is -3.02. The lowest BCUT2D eigenvalue weighted by Crippen LogP contribution is -2.10. The first-order valence-corrected chi connectivity index (χ1v) is 9.01. The Bertz CT molecular complexity index is 992. The second kappa shape index (κ2) is 7.70. The number of aryl methyl sites for hydroxylation is 4. The number of imidazole rings is 1. The summed E-state index contributed by atoms with van der Waals surface area (Å²) in [7, 11) is 1.29. The lowest BCUT2D eigenvalue weighted by molar-refractivity contribution is 0.121. The van der Waals surface area contributed by atoms with E-state index in [1.54, 1.807) is 12.3 Å². The van der Waals surface area contributed by atoms with Crippen LogP contribution in [0, 0.1) is 20.8 Å². The first-order valence-electron chi connectivity index (χ1n) is 9.01. The van der Waals surface area contributed by atoms with Crippen molar-refractivity contribution < 1.29 is 14.3 Å². The van der Waals surface area contributed by atoms with Crippen molar-refractivity contribution in [2.24, 2.45) is 0 Å². The fourth-order valence-corrected chi connectivity index (χ4v) is 3.20. The molecule has 0 saturated carbocycles. The van der Waals surface area contributed by atoms with Crippen molar-refractivity contribution in [3.63, 3.8) is 0 Å². The highest BCUT2D eigenvalue weighted by Crippen LogP contribution is 2.27. The van der Waals surface area contributed by atoms with Crippen molar-refractivity contribution in [2.75, 3.05) is 12.4 Å². The third kappa shape index (κ3) is 3.74. The molecule has 0 amide bonds. The van der Waals surface area contributed by atoms with Crippen LogP contribution in [0.2, 0.25) is 0 Å². The third-order valence-electron chi connectivity index (χ3n) is 4.88. The van der Waals surface area contributed by atoms with Crippen LogP contribution in [0.4, 0.5) is 10.5 Å². The molecule has 6 heteroatoms. The van der Waals surface area contributed by atoms with Crippen molar-refractivity contribution in [1.29, 1.82) is 0 Å². The molecule has 0 bridgehead atoms. The molecule has 0 aliphatic carbocycles. The fraction of sp³-hybridized carbons (Fsp3) is 0.333. The summed E-state index contributed by atoms with van der Waals surface area (Å²) in [5, 5.41) is 3.48. The van der Waals surface area contributed by atoms with Gasteiger partial charge < -0.3 is 14.8 Å². The molecule has 2 heterocycles. The molecule has 3 rings (SSSR count). The predicted molar refractivity (Wildman–Crippen MR) is 106 cm³/mol. The highest BCUT2D eigenvalue weighted by atomic mass is 16.7. The lowest BCUT2D eigenvalue weighted by Gasteiger charge is -2.15. The van der Waals surface area contributed by atoms with Gasteiger partial charge in [0.05, 0.1) is 24.7 Å². The number of rotatable bonds is 5. The maximum absolute atomic E-state index is 11.5. The number of nitrogens with zero attached hydrogens (tertiary/aromatic N) is 2. The molecule has 142 valence electrons. The van der Waals surface area contributed by atoms with E-state index < -0.39 is 6.16 Å². The van der Waals surface area contributed by atoms with Crippen LogP contribution in [0.3, 0.4) is 0 Å². The summed E-state index contributed by atoms with van der Waals surface area (Å²) in [6.45, 7) is 8.88. The van der Waals surface area contributed by atoms with Crippen molar-refractivity contribution in [3.8, 4) is 5.75 Å². The van der Waals surface area contributed by atoms with E-state index in [0.29, 0.717) is 12.3 Å². The molecule has 0 atom stereocenters. The van der Waals surface area contributed by atoms with Gasteiger partial charge in [0.25, 0.3) is 0 Å². The molecule has 6 nitrogen and oxygen atoms in total. The van der Waals surface area contributed by atoms with Crippen molar-refractivity contribution in [1.82, 2.24) is 9.38 Å². The number of carbonyl (C=O) groups is 1. The number of ether oxygens (including phenoxy) is 2. The number of hydrogen-bond donors (Lipinski definition) is 1. The summed E-state index contributed by atoms with van der Waals surface area (Å²) in [6.07, 6.45) is 1.97. The lowest BCUT2D eigenvalue weighted by atomic mass is 10.00. The standard InChI is InChI=1S/C21H25N3O3/c1-6-16-9-7-8-13(2)18(16)11-22-19-10-17(27-21(25)26-5)12-24-15(4)14(3)23-20(19)24/h7-10,12,22H,6,11H2,1-5H3. The van der Waals surface area contributed by atoms with E-state index in [-0.39, 0.29) is 0 Å². The van der Waals surface area contributed by atoms with Gasteiger partial charge >= 0.3 is 6.16 Å². The topological polar surface area (TPSA) is 64.9 Å². The smallest absolute Gasteiger partial charge is 0.437 e. The number of pyridine rings is 1. The average Bonchev–Trinajstić information content (AvgIpc) is 2.95. The van der Waals surface area contributed by atoms with Gasteiger partial charge in [0.1, 0.15) is 0 Å². The van der Waals surface area contributed by atoms with Crippen LogP contribution in [0.15, 0.2) is 30.5 Å². The number of methoxy groups -OCH3 is 1. The first kappa shape index (κ1) is 18.8. The minimum Gasteiger partial charge on any atom is -0.437 e. The Morgan fingerprint density at radius 3 is 2.74 bits per heavy atom. The van der Waals surface area contributed by atoms with Crippen LogP contribution in [0.1, 0.15) is 35.0 Å². The van der Waals surface area contributed by atoms with Gasteiger partial charge in [-0.2, -0.15) is 0 Å². The van der Waals surface area contributed by atoms with E-state index in [4.69, 9.17) is 4.74 Å². The van der Waals surface area contributed by atoms with Gasteiger partial charge in [0.2, 0.25) is 0 Å². The Morgan fingerprint density at radius 2 is 2.04 bits per heavy atom. The van der Waals surface area contributed by atoms with Crippen LogP contribution in [-0.2, 0) is 17.7 Å². The first-order chi connectivity index (χ1) is 12.9. The molecule has 0 radical (unpaired) electrons. The monoisotopic (exact) mass is 367 g/mol. The van der Waals surface area contributed by atoms with E-state index in [0.717, 1.165) is 29.1 Å². The molecule has 0 spiro atoms. The minimum atomic E-state index is -0.748. The molecule has 0 unspecified atom stereocenters. The van der Waals surface area contributed by atoms with E-state index in [9.17, 15) is 4.79 Å². The number of carbonyl (C=O) groups excluding carboxylic acids is 1. The largest absolute Gasteiger partial charge is 0.513 e. The van der Waals surface area contributed by atoms with Crippen molar-refractivity contribution in [2.45, 2.75) is 40.7 Å². The molecule has 0 aliphatic heterocycles. The summed E-state index contributed by atoms with van der Waals surface area (Å²) < 4.78 is 11.8. The SMILES string of the molecule is CCc1cccc(C)c1CNc1cc(OC(=O)OC)cn2c(C)c(C)nc12. The Balaban J connectivity index is 2.00. The quantitative estimate of drug-likeness (QED) is 0.669. The van der Waals surface area contributed by atoms with E-state index in [1.165, 1.54) is 23.8 Å². The molecule has 3 aromatic rings. The van der Waals surface area contributed by atoms with Crippen LogP contribution in [-0.4, -0.2) is 22.6 Å². The molecular formula is C21H25N3O3. The molecule has 27 heavy (non-hydrogen) atoms. The average molecular weight is 367 g/mol. The Morgan fingerprint density at radius 1 is 1.26 bits per heavy atom. The summed E-state index contributed by atoms with van der Waals surface area (Å²) in [4.78, 5) is 16.2. The number of anilines is 1. The van der Waals surface area contributed by atoms with Gasteiger partial charge in [-0.15, -0.1) is 0 Å². The molecule has 0 saturated heterocycles. The normalized spacial score (nSPS) is 10.9. The fourth-order valence-electron chi connectivity index (χ4n) is 3.20. The second-order valence-electron chi connectivity index (χ2n) is 6.54. The van der Waals surface area contributed by atoms with Gasteiger partial charge in [-0.25, -0.2) is 9.78 Å². The Kier molecular flexibility index (Phi) is 5.35. The molecule has 0 aliphatic rings. The number of hydrogen-bond acceptors (Lipinski definition) is 5. The van der Waals surface area contributed by atoms with Crippen LogP contribution in [0.5, 0.6) is 5.75 Å². The highest BCUT2D eigenvalue weighted by Gasteiger charge is 2.14. The van der Waals surface area contributed by atoms with E-state index >= 15 is 0 Å². The zero-order chi connectivity index (χ0) is 19.6. The molecule has 1 aromatic carbocycles. The van der Waals surface area contributed by atoms with Gasteiger partial charge in [-0.05, 0) is 43.9 Å². The van der Waals surface area contributed by atoms with Crippen molar-refractivity contribution in [3.05, 3.63) is 58.5 Å². The van der Waals surface area contributed by atoms with Gasteiger partial charge in [0.15, 0.2) is 11.4 Å². The second-order valence-corrected chi connectivity index (χ2v) is 6.54. The molecular weight excluding hydrogens is 342 g/mol. The molecule has 0 fully saturated rings. The number of benzene rings is 1. The number of fused-ring (bicyclic) bond motifs is 1. The Labute approximate surface area is 159 Å². The minimum absolute atomic E-state index is 0.401. The summed E-state index contributed by atoms with van der Waals surface area (Å²) >= 11 is 0. The van der Waals surface area contributed by atoms with Crippen molar-refractivity contribution >= 4 is 17.5 Å². The summed E-state index contributed by atoms with van der Waals surface area (Å²) in [5.41, 5.74) is 7.36. The predicted octanol–water partition coefficient (Wildman–Crippen LogP) is 4.58. The molecule has 2 aromatic heterocycles. The van der Waals surface area contributed by atoms with E-state index in [1.807, 2.05) is 18.2 Å². The van der Waals surface area contributed by atoms with Crippen LogP contribution < -0.4 is 10.1 Å².